The zero-order chi connectivity index (χ0) is 15.4. The summed E-state index contributed by atoms with van der Waals surface area (Å²) in [5.41, 5.74) is -2.72. The highest BCUT2D eigenvalue weighted by Gasteiger charge is 2.41. The molecule has 3 N–H and O–H groups in total. The van der Waals surface area contributed by atoms with Gasteiger partial charge in [0.15, 0.2) is 5.60 Å². The van der Waals surface area contributed by atoms with E-state index in [-0.39, 0.29) is 5.92 Å². The molecule has 0 unspecified atom stereocenters. The summed E-state index contributed by atoms with van der Waals surface area (Å²) in [6, 6.07) is -0.917. The van der Waals surface area contributed by atoms with Crippen molar-refractivity contribution in [1.29, 1.82) is 0 Å². The normalized spacial score (nSPS) is 16.6. The van der Waals surface area contributed by atoms with E-state index < -0.39 is 29.3 Å². The average molecular weight is 275 g/mol. The highest BCUT2D eigenvalue weighted by atomic mass is 16.6. The summed E-state index contributed by atoms with van der Waals surface area (Å²) in [5.74, 6) is -1.26. The largest absolute Gasteiger partial charge is 0.479 e. The molecule has 1 amide bonds. The maximum absolute atomic E-state index is 11.7. The van der Waals surface area contributed by atoms with Gasteiger partial charge >= 0.3 is 12.1 Å². The van der Waals surface area contributed by atoms with Crippen LogP contribution in [-0.2, 0) is 9.53 Å². The molecule has 0 aliphatic carbocycles. The van der Waals surface area contributed by atoms with Crippen molar-refractivity contribution in [3.8, 4) is 0 Å². The molecule has 0 spiro atoms. The molecule has 0 saturated carbocycles. The van der Waals surface area contributed by atoms with Crippen LogP contribution in [0.25, 0.3) is 0 Å². The Morgan fingerprint density at radius 2 is 1.68 bits per heavy atom. The van der Waals surface area contributed by atoms with Crippen molar-refractivity contribution in [1.82, 2.24) is 5.32 Å². The highest BCUT2D eigenvalue weighted by Crippen LogP contribution is 2.19. The molecule has 0 aliphatic rings. The van der Waals surface area contributed by atoms with Gasteiger partial charge in [0.2, 0.25) is 0 Å². The fraction of sp³-hybridized carbons (Fsp3) is 0.846. The summed E-state index contributed by atoms with van der Waals surface area (Å²) in [4.78, 5) is 22.8. The summed E-state index contributed by atoms with van der Waals surface area (Å²) in [6.45, 7) is 10.0. The first-order valence-corrected chi connectivity index (χ1v) is 6.31. The van der Waals surface area contributed by atoms with Crippen LogP contribution in [0.5, 0.6) is 0 Å². The van der Waals surface area contributed by atoms with Gasteiger partial charge < -0.3 is 20.3 Å². The van der Waals surface area contributed by atoms with Gasteiger partial charge in [0, 0.05) is 0 Å². The van der Waals surface area contributed by atoms with E-state index in [2.05, 4.69) is 5.32 Å². The van der Waals surface area contributed by atoms with Gasteiger partial charge in [0.05, 0.1) is 6.04 Å². The molecular formula is C13H25NO5. The zero-order valence-corrected chi connectivity index (χ0v) is 12.5. The maximum atomic E-state index is 11.7. The third kappa shape index (κ3) is 6.42. The molecule has 0 rings (SSSR count). The van der Waals surface area contributed by atoms with E-state index in [9.17, 15) is 14.7 Å². The SMILES string of the molecule is CC(C)C[C@H](NC(=O)OC(C)(C)C)[C@](C)(O)C(=O)O. The van der Waals surface area contributed by atoms with E-state index in [0.717, 1.165) is 0 Å². The molecule has 6 heteroatoms. The number of nitrogens with one attached hydrogen (secondary N) is 1. The molecule has 0 aromatic rings. The third-order valence-corrected chi connectivity index (χ3v) is 2.51. The van der Waals surface area contributed by atoms with Crippen molar-refractivity contribution >= 4 is 12.1 Å². The quantitative estimate of drug-likeness (QED) is 0.710. The number of aliphatic carboxylic acids is 1. The second-order valence-corrected chi connectivity index (χ2v) is 6.28. The summed E-state index contributed by atoms with van der Waals surface area (Å²) in [6.07, 6.45) is -0.405. The van der Waals surface area contributed by atoms with E-state index in [1.54, 1.807) is 20.8 Å². The second kappa shape index (κ2) is 6.23. The first-order valence-electron chi connectivity index (χ1n) is 6.31. The number of carbonyl (C=O) groups is 2. The molecule has 19 heavy (non-hydrogen) atoms. The number of rotatable bonds is 5. The summed E-state index contributed by atoms with van der Waals surface area (Å²) in [7, 11) is 0. The minimum Gasteiger partial charge on any atom is -0.479 e. The topological polar surface area (TPSA) is 95.9 Å². The number of carbonyl (C=O) groups excluding carboxylic acids is 1. The monoisotopic (exact) mass is 275 g/mol. The number of aliphatic hydroxyl groups is 1. The van der Waals surface area contributed by atoms with Crippen LogP contribution in [0.2, 0.25) is 0 Å². The van der Waals surface area contributed by atoms with Gasteiger partial charge in [-0.3, -0.25) is 0 Å². The van der Waals surface area contributed by atoms with Crippen molar-refractivity contribution in [2.45, 2.75) is 65.2 Å². The Balaban J connectivity index is 4.89. The minimum absolute atomic E-state index is 0.116. The standard InChI is InChI=1S/C13H25NO5/c1-8(2)7-9(13(6,18)10(15)16)14-11(17)19-12(3,4)5/h8-9,18H,7H2,1-6H3,(H,14,17)(H,15,16)/t9-,13-/m0/s1. The second-order valence-electron chi connectivity index (χ2n) is 6.28. The van der Waals surface area contributed by atoms with Crippen molar-refractivity contribution in [2.24, 2.45) is 5.92 Å². The van der Waals surface area contributed by atoms with Crippen LogP contribution in [0.4, 0.5) is 4.79 Å². The predicted molar refractivity (Wildman–Crippen MR) is 70.9 cm³/mol. The molecule has 112 valence electrons. The lowest BCUT2D eigenvalue weighted by molar-refractivity contribution is -0.160. The molecule has 0 saturated heterocycles. The molecule has 0 bridgehead atoms. The average Bonchev–Trinajstić information content (AvgIpc) is 2.12. The molecular weight excluding hydrogens is 250 g/mol. The van der Waals surface area contributed by atoms with Gasteiger partial charge in [-0.1, -0.05) is 13.8 Å². The van der Waals surface area contributed by atoms with Crippen LogP contribution in [0.3, 0.4) is 0 Å². The third-order valence-electron chi connectivity index (χ3n) is 2.51. The van der Waals surface area contributed by atoms with Gasteiger partial charge in [-0.2, -0.15) is 0 Å². The lowest BCUT2D eigenvalue weighted by Crippen LogP contribution is -2.56. The number of alkyl carbamates (subject to hydrolysis) is 1. The number of ether oxygens (including phenoxy) is 1. The summed E-state index contributed by atoms with van der Waals surface area (Å²) in [5, 5.41) is 21.4. The van der Waals surface area contributed by atoms with Gasteiger partial charge in [0.1, 0.15) is 5.60 Å². The minimum atomic E-state index is -2.04. The Kier molecular flexibility index (Phi) is 5.81. The lowest BCUT2D eigenvalue weighted by Gasteiger charge is -2.32. The molecule has 0 heterocycles. The van der Waals surface area contributed by atoms with E-state index in [0.29, 0.717) is 6.42 Å². The molecule has 0 aromatic heterocycles. The van der Waals surface area contributed by atoms with E-state index in [1.165, 1.54) is 6.92 Å². The molecule has 0 radical (unpaired) electrons. The maximum Gasteiger partial charge on any atom is 0.407 e. The Hall–Kier alpha value is -1.30. The van der Waals surface area contributed by atoms with Crippen molar-refractivity contribution in [2.75, 3.05) is 0 Å². The predicted octanol–water partition coefficient (Wildman–Crippen LogP) is 1.76. The fourth-order valence-corrected chi connectivity index (χ4v) is 1.50. The molecule has 6 nitrogen and oxygen atoms in total. The molecule has 0 aliphatic heterocycles. The first kappa shape index (κ1) is 17.7. The van der Waals surface area contributed by atoms with Crippen molar-refractivity contribution in [3.05, 3.63) is 0 Å². The number of amides is 1. The van der Waals surface area contributed by atoms with Crippen LogP contribution in [-0.4, -0.2) is 39.5 Å². The van der Waals surface area contributed by atoms with Crippen LogP contribution in [0, 0.1) is 5.92 Å². The lowest BCUT2D eigenvalue weighted by atomic mass is 9.89. The molecule has 2 atom stereocenters. The Labute approximate surface area is 114 Å². The van der Waals surface area contributed by atoms with Gasteiger partial charge in [0.25, 0.3) is 0 Å². The fourth-order valence-electron chi connectivity index (χ4n) is 1.50. The van der Waals surface area contributed by atoms with Crippen LogP contribution < -0.4 is 5.32 Å². The number of hydrogen-bond donors (Lipinski definition) is 3. The van der Waals surface area contributed by atoms with E-state index >= 15 is 0 Å². The van der Waals surface area contributed by atoms with Gasteiger partial charge in [-0.05, 0) is 40.0 Å². The van der Waals surface area contributed by atoms with E-state index in [1.807, 2.05) is 13.8 Å². The Bertz CT molecular complexity index is 330. The zero-order valence-electron chi connectivity index (χ0n) is 12.5. The van der Waals surface area contributed by atoms with Crippen molar-refractivity contribution in [3.63, 3.8) is 0 Å². The highest BCUT2D eigenvalue weighted by molar-refractivity contribution is 5.79. The smallest absolute Gasteiger partial charge is 0.407 e. The van der Waals surface area contributed by atoms with E-state index in [4.69, 9.17) is 9.84 Å². The molecule has 0 aromatic carbocycles. The first-order chi connectivity index (χ1) is 8.36. The Morgan fingerprint density at radius 3 is 2.00 bits per heavy atom. The molecule has 0 fully saturated rings. The number of hydrogen-bond acceptors (Lipinski definition) is 4. The number of carboxylic acids is 1. The van der Waals surface area contributed by atoms with Crippen LogP contribution in [0.1, 0.15) is 48.0 Å². The number of carboxylic acid groups (broad SMARTS) is 1. The van der Waals surface area contributed by atoms with Crippen LogP contribution >= 0.6 is 0 Å². The van der Waals surface area contributed by atoms with Gasteiger partial charge in [-0.15, -0.1) is 0 Å². The van der Waals surface area contributed by atoms with Crippen molar-refractivity contribution < 1.29 is 24.5 Å². The van der Waals surface area contributed by atoms with Gasteiger partial charge in [-0.25, -0.2) is 9.59 Å². The van der Waals surface area contributed by atoms with Crippen LogP contribution in [0.15, 0.2) is 0 Å². The summed E-state index contributed by atoms with van der Waals surface area (Å²) >= 11 is 0. The summed E-state index contributed by atoms with van der Waals surface area (Å²) < 4.78 is 5.07. The Morgan fingerprint density at radius 1 is 1.21 bits per heavy atom.